The number of rotatable bonds is 2. The molecule has 2 heterocycles. The normalized spacial score (nSPS) is 15.6. The molecule has 22 heavy (non-hydrogen) atoms. The lowest BCUT2D eigenvalue weighted by molar-refractivity contribution is 0.247. The number of fused-ring (bicyclic) bond motifs is 3. The Bertz CT molecular complexity index is 865. The van der Waals surface area contributed by atoms with Crippen LogP contribution in [0.4, 0.5) is 0 Å². The quantitative estimate of drug-likeness (QED) is 0.515. The monoisotopic (exact) mass is 368 g/mol. The highest BCUT2D eigenvalue weighted by molar-refractivity contribution is 9.11. The van der Waals surface area contributed by atoms with Crippen molar-refractivity contribution in [2.75, 3.05) is 0 Å². The average molecular weight is 369 g/mol. The van der Waals surface area contributed by atoms with Crippen LogP contribution < -0.4 is 4.74 Å². The van der Waals surface area contributed by atoms with Crippen LogP contribution in [-0.2, 0) is 0 Å². The Morgan fingerprint density at radius 1 is 1.05 bits per heavy atom. The Balaban J connectivity index is 1.96. The Hall–Kier alpha value is -1.84. The van der Waals surface area contributed by atoms with Gasteiger partial charge in [0, 0.05) is 11.1 Å². The second-order valence-corrected chi connectivity index (χ2v) is 7.65. The Morgan fingerprint density at radius 3 is 2.68 bits per heavy atom. The first-order chi connectivity index (χ1) is 10.8. The fourth-order valence-corrected chi connectivity index (χ4v) is 4.40. The van der Waals surface area contributed by atoms with Crippen LogP contribution in [0.25, 0.3) is 17.2 Å². The summed E-state index contributed by atoms with van der Waals surface area (Å²) in [7, 11) is 0. The molecule has 108 valence electrons. The van der Waals surface area contributed by atoms with Crippen molar-refractivity contribution < 1.29 is 4.74 Å². The third-order valence-corrected chi connectivity index (χ3v) is 5.56. The SMILES string of the molecule is C=Cc1cccc2c1-c1ccccc1C(c1ccc(Br)s1)O2. The molecule has 0 bridgehead atoms. The van der Waals surface area contributed by atoms with E-state index in [-0.39, 0.29) is 6.10 Å². The van der Waals surface area contributed by atoms with Crippen molar-refractivity contribution in [3.05, 3.63) is 81.0 Å². The van der Waals surface area contributed by atoms with Gasteiger partial charge in [0.25, 0.3) is 0 Å². The van der Waals surface area contributed by atoms with Crippen LogP contribution in [0.1, 0.15) is 22.1 Å². The molecule has 1 atom stereocenters. The zero-order chi connectivity index (χ0) is 15.1. The molecule has 0 fully saturated rings. The topological polar surface area (TPSA) is 9.23 Å². The maximum absolute atomic E-state index is 6.34. The molecule has 1 aliphatic heterocycles. The summed E-state index contributed by atoms with van der Waals surface area (Å²) in [6.45, 7) is 3.93. The molecule has 0 saturated heterocycles. The van der Waals surface area contributed by atoms with Gasteiger partial charge in [0.1, 0.15) is 5.75 Å². The van der Waals surface area contributed by atoms with Crippen LogP contribution in [0.5, 0.6) is 5.75 Å². The van der Waals surface area contributed by atoms with Crippen LogP contribution in [0.3, 0.4) is 0 Å². The van der Waals surface area contributed by atoms with Gasteiger partial charge in [0.15, 0.2) is 6.10 Å². The van der Waals surface area contributed by atoms with E-state index in [1.54, 1.807) is 11.3 Å². The summed E-state index contributed by atoms with van der Waals surface area (Å²) >= 11 is 5.26. The molecular weight excluding hydrogens is 356 g/mol. The minimum atomic E-state index is -0.0555. The van der Waals surface area contributed by atoms with Gasteiger partial charge in [-0.05, 0) is 45.3 Å². The number of hydrogen-bond acceptors (Lipinski definition) is 2. The minimum Gasteiger partial charge on any atom is -0.479 e. The van der Waals surface area contributed by atoms with E-state index in [1.165, 1.54) is 16.0 Å². The lowest BCUT2D eigenvalue weighted by atomic mass is 9.89. The molecule has 2 aromatic carbocycles. The van der Waals surface area contributed by atoms with Crippen molar-refractivity contribution >= 4 is 33.3 Å². The summed E-state index contributed by atoms with van der Waals surface area (Å²) in [5.41, 5.74) is 4.68. The second kappa shape index (κ2) is 5.41. The number of hydrogen-bond donors (Lipinski definition) is 0. The minimum absolute atomic E-state index is 0.0555. The van der Waals surface area contributed by atoms with Crippen molar-refractivity contribution in [1.29, 1.82) is 0 Å². The van der Waals surface area contributed by atoms with E-state index in [0.29, 0.717) is 0 Å². The van der Waals surface area contributed by atoms with Gasteiger partial charge in [-0.2, -0.15) is 0 Å². The molecule has 1 aliphatic rings. The third-order valence-electron chi connectivity index (χ3n) is 3.89. The third kappa shape index (κ3) is 2.13. The van der Waals surface area contributed by atoms with Gasteiger partial charge in [-0.25, -0.2) is 0 Å². The van der Waals surface area contributed by atoms with Gasteiger partial charge in [-0.3, -0.25) is 0 Å². The smallest absolute Gasteiger partial charge is 0.159 e. The molecular formula is C19H13BrOS. The fraction of sp³-hybridized carbons (Fsp3) is 0.0526. The molecule has 0 saturated carbocycles. The molecule has 0 radical (unpaired) electrons. The number of halogens is 1. The van der Waals surface area contributed by atoms with Crippen LogP contribution in [0, 0.1) is 0 Å². The fourth-order valence-electron chi connectivity index (χ4n) is 2.93. The van der Waals surface area contributed by atoms with E-state index in [1.807, 2.05) is 18.2 Å². The molecule has 4 rings (SSSR count). The van der Waals surface area contributed by atoms with Crippen molar-refractivity contribution in [3.8, 4) is 16.9 Å². The standard InChI is InChI=1S/C19H13BrOS/c1-2-12-6-5-9-15-18(12)13-7-3-4-8-14(13)19(21-15)16-10-11-17(20)22-16/h2-11,19H,1H2. The Morgan fingerprint density at radius 2 is 1.91 bits per heavy atom. The number of benzene rings is 2. The van der Waals surface area contributed by atoms with Gasteiger partial charge in [-0.15, -0.1) is 11.3 Å². The molecule has 3 heteroatoms. The first-order valence-corrected chi connectivity index (χ1v) is 8.65. The van der Waals surface area contributed by atoms with E-state index in [4.69, 9.17) is 4.74 Å². The summed E-state index contributed by atoms with van der Waals surface area (Å²) in [6, 6.07) is 18.8. The molecule has 0 spiro atoms. The van der Waals surface area contributed by atoms with Crippen molar-refractivity contribution in [2.45, 2.75) is 6.10 Å². The maximum Gasteiger partial charge on any atom is 0.159 e. The zero-order valence-electron chi connectivity index (χ0n) is 11.8. The maximum atomic E-state index is 6.34. The van der Waals surface area contributed by atoms with Crippen molar-refractivity contribution in [3.63, 3.8) is 0 Å². The van der Waals surface area contributed by atoms with Gasteiger partial charge in [0.05, 0.1) is 8.66 Å². The summed E-state index contributed by atoms with van der Waals surface area (Å²) < 4.78 is 7.46. The Kier molecular flexibility index (Phi) is 3.40. The first-order valence-electron chi connectivity index (χ1n) is 7.04. The van der Waals surface area contributed by atoms with E-state index in [0.717, 1.165) is 20.7 Å². The predicted octanol–water partition coefficient (Wildman–Crippen LogP) is 6.30. The van der Waals surface area contributed by atoms with Gasteiger partial charge < -0.3 is 4.74 Å². The molecule has 0 amide bonds. The summed E-state index contributed by atoms with van der Waals surface area (Å²) in [4.78, 5) is 1.20. The molecule has 3 aromatic rings. The first kappa shape index (κ1) is 13.8. The van der Waals surface area contributed by atoms with Crippen molar-refractivity contribution in [1.82, 2.24) is 0 Å². The lowest BCUT2D eigenvalue weighted by Crippen LogP contribution is -2.14. The highest BCUT2D eigenvalue weighted by atomic mass is 79.9. The van der Waals surface area contributed by atoms with Crippen LogP contribution in [0.2, 0.25) is 0 Å². The highest BCUT2D eigenvalue weighted by Gasteiger charge is 2.29. The van der Waals surface area contributed by atoms with Crippen LogP contribution in [-0.4, -0.2) is 0 Å². The van der Waals surface area contributed by atoms with Gasteiger partial charge in [0.2, 0.25) is 0 Å². The van der Waals surface area contributed by atoms with E-state index < -0.39 is 0 Å². The Labute approximate surface area is 142 Å². The molecule has 0 N–H and O–H groups in total. The summed E-state index contributed by atoms with van der Waals surface area (Å²) in [5, 5.41) is 0. The second-order valence-electron chi connectivity index (χ2n) is 5.15. The highest BCUT2D eigenvalue weighted by Crippen LogP contribution is 2.47. The molecule has 0 aliphatic carbocycles. The van der Waals surface area contributed by atoms with E-state index >= 15 is 0 Å². The molecule has 1 unspecified atom stereocenters. The van der Waals surface area contributed by atoms with Gasteiger partial charge >= 0.3 is 0 Å². The van der Waals surface area contributed by atoms with Crippen LogP contribution in [0.15, 0.2) is 65.0 Å². The lowest BCUT2D eigenvalue weighted by Gasteiger charge is -2.29. The zero-order valence-corrected chi connectivity index (χ0v) is 14.2. The van der Waals surface area contributed by atoms with E-state index in [9.17, 15) is 0 Å². The molecule has 1 nitrogen and oxygen atoms in total. The average Bonchev–Trinajstić information content (AvgIpc) is 2.99. The molecule has 1 aromatic heterocycles. The van der Waals surface area contributed by atoms with Crippen molar-refractivity contribution in [2.24, 2.45) is 0 Å². The summed E-state index contributed by atoms with van der Waals surface area (Å²) in [5.74, 6) is 0.922. The largest absolute Gasteiger partial charge is 0.479 e. The van der Waals surface area contributed by atoms with Crippen LogP contribution >= 0.6 is 27.3 Å². The summed E-state index contributed by atoms with van der Waals surface area (Å²) in [6.07, 6.45) is 1.83. The predicted molar refractivity (Wildman–Crippen MR) is 96.5 cm³/mol. The van der Waals surface area contributed by atoms with E-state index in [2.05, 4.69) is 65.0 Å². The van der Waals surface area contributed by atoms with Gasteiger partial charge in [-0.1, -0.05) is 49.1 Å². The number of thiophene rings is 1. The number of ether oxygens (including phenoxy) is 1.